The van der Waals surface area contributed by atoms with Crippen molar-refractivity contribution in [2.75, 3.05) is 0 Å². The molecule has 24 heavy (non-hydrogen) atoms. The molecule has 0 saturated heterocycles. The van der Waals surface area contributed by atoms with Gasteiger partial charge in [-0.25, -0.2) is 13.1 Å². The summed E-state index contributed by atoms with van der Waals surface area (Å²) in [6.07, 6.45) is 5.44. The van der Waals surface area contributed by atoms with E-state index in [4.69, 9.17) is 0 Å². The fourth-order valence-corrected chi connectivity index (χ4v) is 3.20. The third-order valence-electron chi connectivity index (χ3n) is 3.42. The van der Waals surface area contributed by atoms with Gasteiger partial charge in [0.25, 0.3) is 15.9 Å². The highest BCUT2D eigenvalue weighted by molar-refractivity contribution is 7.90. The number of aromatic nitrogens is 1. The summed E-state index contributed by atoms with van der Waals surface area (Å²) < 4.78 is 26.1. The van der Waals surface area contributed by atoms with E-state index in [-0.39, 0.29) is 4.90 Å². The predicted octanol–water partition coefficient (Wildman–Crippen LogP) is 2.75. The number of rotatable bonds is 4. The van der Waals surface area contributed by atoms with E-state index in [1.807, 2.05) is 47.2 Å². The average molecular weight is 338 g/mol. The summed E-state index contributed by atoms with van der Waals surface area (Å²) in [5.41, 5.74) is 0.835. The van der Waals surface area contributed by atoms with Gasteiger partial charge in [-0.1, -0.05) is 42.5 Å². The van der Waals surface area contributed by atoms with Gasteiger partial charge in [0.15, 0.2) is 0 Å². The summed E-state index contributed by atoms with van der Waals surface area (Å²) in [5, 5.41) is 2.03. The molecule has 0 aliphatic heterocycles. The van der Waals surface area contributed by atoms with Crippen LogP contribution in [-0.4, -0.2) is 19.3 Å². The number of nitrogens with one attached hydrogen (secondary N) is 1. The van der Waals surface area contributed by atoms with Crippen molar-refractivity contribution in [2.45, 2.75) is 4.90 Å². The van der Waals surface area contributed by atoms with Crippen molar-refractivity contribution >= 4 is 32.8 Å². The monoisotopic (exact) mass is 338 g/mol. The normalized spacial score (nSPS) is 11.7. The fourth-order valence-electron chi connectivity index (χ4n) is 2.29. The number of carbonyl (C=O) groups excluding carboxylic acids is 1. The Kier molecular flexibility index (Phi) is 4.39. The van der Waals surface area contributed by atoms with Gasteiger partial charge >= 0.3 is 0 Å². The van der Waals surface area contributed by atoms with Crippen LogP contribution in [0.1, 0.15) is 5.56 Å². The topological polar surface area (TPSA) is 76.1 Å². The summed E-state index contributed by atoms with van der Waals surface area (Å²) in [6, 6.07) is 16.3. The zero-order valence-corrected chi connectivity index (χ0v) is 13.4. The van der Waals surface area contributed by atoms with E-state index in [2.05, 4.69) is 4.98 Å². The Hall–Kier alpha value is -2.99. The van der Waals surface area contributed by atoms with Crippen molar-refractivity contribution in [1.29, 1.82) is 0 Å². The van der Waals surface area contributed by atoms with E-state index in [1.54, 1.807) is 6.08 Å². The molecule has 3 rings (SSSR count). The largest absolute Gasteiger partial charge is 0.269 e. The number of fused-ring (bicyclic) bond motifs is 1. The first-order valence-corrected chi connectivity index (χ1v) is 8.67. The quantitative estimate of drug-likeness (QED) is 0.742. The Labute approximate surface area is 139 Å². The number of pyridine rings is 1. The minimum absolute atomic E-state index is 0.0584. The number of nitrogens with zero attached hydrogens (tertiary/aromatic N) is 1. The van der Waals surface area contributed by atoms with Gasteiger partial charge in [0.2, 0.25) is 0 Å². The highest BCUT2D eigenvalue weighted by Crippen LogP contribution is 2.19. The van der Waals surface area contributed by atoms with Crippen molar-refractivity contribution in [3.63, 3.8) is 0 Å². The summed E-state index contributed by atoms with van der Waals surface area (Å²) in [7, 11) is -3.92. The van der Waals surface area contributed by atoms with Crippen LogP contribution in [0.25, 0.3) is 16.8 Å². The van der Waals surface area contributed by atoms with Gasteiger partial charge in [0.1, 0.15) is 4.90 Å². The maximum atomic E-state index is 12.1. The predicted molar refractivity (Wildman–Crippen MR) is 92.5 cm³/mol. The molecule has 6 heteroatoms. The standard InChI is InChI=1S/C18H14N2O3S/c21-18(20-24(22,23)16-8-4-12-19-13-16)11-10-15-7-3-6-14-5-1-2-9-17(14)15/h1-13H,(H,20,21)/b11-10+. The molecule has 120 valence electrons. The summed E-state index contributed by atoms with van der Waals surface area (Å²) >= 11 is 0. The van der Waals surface area contributed by atoms with Gasteiger partial charge in [-0.05, 0) is 34.5 Å². The molecule has 0 atom stereocenters. The maximum Gasteiger partial charge on any atom is 0.265 e. The summed E-state index contributed by atoms with van der Waals surface area (Å²) in [6.45, 7) is 0. The molecule has 0 aliphatic carbocycles. The van der Waals surface area contributed by atoms with Gasteiger partial charge in [0.05, 0.1) is 0 Å². The molecule has 0 radical (unpaired) electrons. The number of carbonyl (C=O) groups is 1. The molecule has 0 fully saturated rings. The molecule has 2 aromatic carbocycles. The van der Waals surface area contributed by atoms with Crippen LogP contribution < -0.4 is 4.72 Å². The molecule has 0 aliphatic rings. The molecule has 0 unspecified atom stereocenters. The minimum atomic E-state index is -3.92. The smallest absolute Gasteiger partial charge is 0.265 e. The van der Waals surface area contributed by atoms with Crippen LogP contribution in [-0.2, 0) is 14.8 Å². The van der Waals surface area contributed by atoms with Crippen LogP contribution in [0.2, 0.25) is 0 Å². The Morgan fingerprint density at radius 3 is 2.58 bits per heavy atom. The van der Waals surface area contributed by atoms with E-state index in [1.165, 1.54) is 30.6 Å². The van der Waals surface area contributed by atoms with Crippen molar-refractivity contribution in [1.82, 2.24) is 9.71 Å². The van der Waals surface area contributed by atoms with Crippen LogP contribution in [0.4, 0.5) is 0 Å². The lowest BCUT2D eigenvalue weighted by atomic mass is 10.0. The van der Waals surface area contributed by atoms with Crippen LogP contribution in [0.5, 0.6) is 0 Å². The van der Waals surface area contributed by atoms with Crippen molar-refractivity contribution in [3.8, 4) is 0 Å². The van der Waals surface area contributed by atoms with E-state index >= 15 is 0 Å². The van der Waals surface area contributed by atoms with E-state index in [0.29, 0.717) is 0 Å². The van der Waals surface area contributed by atoms with Gasteiger partial charge in [0, 0.05) is 18.5 Å². The zero-order chi connectivity index (χ0) is 17.0. The number of amides is 1. The Morgan fingerprint density at radius 1 is 1.00 bits per heavy atom. The molecule has 1 amide bonds. The first kappa shape index (κ1) is 15.9. The van der Waals surface area contributed by atoms with Crippen LogP contribution in [0.3, 0.4) is 0 Å². The molecule has 1 aromatic heterocycles. The molecule has 1 N–H and O–H groups in total. The average Bonchev–Trinajstić information content (AvgIpc) is 2.60. The Balaban J connectivity index is 1.81. The summed E-state index contributed by atoms with van der Waals surface area (Å²) in [4.78, 5) is 15.6. The molecule has 1 heterocycles. The highest BCUT2D eigenvalue weighted by Gasteiger charge is 2.15. The lowest BCUT2D eigenvalue weighted by Gasteiger charge is -2.04. The first-order valence-electron chi connectivity index (χ1n) is 7.19. The third kappa shape index (κ3) is 3.49. The second-order valence-electron chi connectivity index (χ2n) is 5.06. The molecular formula is C18H14N2O3S. The lowest BCUT2D eigenvalue weighted by Crippen LogP contribution is -2.29. The van der Waals surface area contributed by atoms with E-state index in [0.717, 1.165) is 16.3 Å². The van der Waals surface area contributed by atoms with Gasteiger partial charge in [-0.2, -0.15) is 0 Å². The lowest BCUT2D eigenvalue weighted by molar-refractivity contribution is -0.114. The molecule has 0 saturated carbocycles. The fraction of sp³-hybridized carbons (Fsp3) is 0. The van der Waals surface area contributed by atoms with Crippen molar-refractivity contribution in [3.05, 3.63) is 78.6 Å². The van der Waals surface area contributed by atoms with Crippen LogP contribution in [0.15, 0.2) is 78.0 Å². The van der Waals surface area contributed by atoms with Crippen molar-refractivity contribution in [2.24, 2.45) is 0 Å². The Morgan fingerprint density at radius 2 is 1.79 bits per heavy atom. The zero-order valence-electron chi connectivity index (χ0n) is 12.6. The van der Waals surface area contributed by atoms with Gasteiger partial charge < -0.3 is 0 Å². The van der Waals surface area contributed by atoms with Crippen LogP contribution in [0, 0.1) is 0 Å². The number of benzene rings is 2. The molecule has 3 aromatic rings. The minimum Gasteiger partial charge on any atom is -0.269 e. The maximum absolute atomic E-state index is 12.1. The second kappa shape index (κ2) is 6.64. The van der Waals surface area contributed by atoms with Crippen LogP contribution >= 0.6 is 0 Å². The number of sulfonamides is 1. The van der Waals surface area contributed by atoms with E-state index < -0.39 is 15.9 Å². The second-order valence-corrected chi connectivity index (χ2v) is 6.74. The first-order chi connectivity index (χ1) is 11.6. The highest BCUT2D eigenvalue weighted by atomic mass is 32.2. The van der Waals surface area contributed by atoms with Crippen molar-refractivity contribution < 1.29 is 13.2 Å². The SMILES string of the molecule is O=C(/C=C/c1cccc2ccccc12)NS(=O)(=O)c1cccnc1. The number of hydrogen-bond donors (Lipinski definition) is 1. The van der Waals surface area contributed by atoms with Gasteiger partial charge in [-0.3, -0.25) is 9.78 Å². The van der Waals surface area contributed by atoms with E-state index in [9.17, 15) is 13.2 Å². The summed E-state index contributed by atoms with van der Waals surface area (Å²) in [5.74, 6) is -0.716. The molecule has 5 nitrogen and oxygen atoms in total. The molecular weight excluding hydrogens is 324 g/mol. The molecule has 0 spiro atoms. The Bertz CT molecular complexity index is 1010. The van der Waals surface area contributed by atoms with Gasteiger partial charge in [-0.15, -0.1) is 0 Å². The third-order valence-corrected chi connectivity index (χ3v) is 4.75. The molecule has 0 bridgehead atoms. The number of hydrogen-bond acceptors (Lipinski definition) is 4.